The van der Waals surface area contributed by atoms with Crippen LogP contribution in [0.3, 0.4) is 0 Å². The van der Waals surface area contributed by atoms with E-state index in [2.05, 4.69) is 49.2 Å². The first-order valence-corrected chi connectivity index (χ1v) is 6.81. The van der Waals surface area contributed by atoms with Crippen molar-refractivity contribution in [2.45, 2.75) is 46.3 Å². The molecule has 1 aromatic rings. The van der Waals surface area contributed by atoms with Crippen molar-refractivity contribution < 1.29 is 0 Å². The molecular formula is C14H26N4. The van der Waals surface area contributed by atoms with Gasteiger partial charge in [-0.1, -0.05) is 20.8 Å². The molecule has 2 rings (SSSR count). The van der Waals surface area contributed by atoms with E-state index in [0.29, 0.717) is 17.5 Å². The van der Waals surface area contributed by atoms with Crippen molar-refractivity contribution in [3.63, 3.8) is 0 Å². The molecule has 18 heavy (non-hydrogen) atoms. The average Bonchev–Trinajstić information content (AvgIpc) is 2.66. The van der Waals surface area contributed by atoms with Gasteiger partial charge in [-0.2, -0.15) is 5.10 Å². The van der Waals surface area contributed by atoms with Crippen molar-refractivity contribution in [1.29, 1.82) is 0 Å². The molecule has 0 aromatic carbocycles. The molecule has 4 heteroatoms. The normalized spacial score (nSPS) is 26.5. The van der Waals surface area contributed by atoms with E-state index in [1.165, 1.54) is 5.56 Å². The molecular weight excluding hydrogens is 224 g/mol. The Morgan fingerprint density at radius 1 is 1.44 bits per heavy atom. The second-order valence-corrected chi connectivity index (χ2v) is 6.63. The van der Waals surface area contributed by atoms with Gasteiger partial charge in [0.2, 0.25) is 0 Å². The fourth-order valence-electron chi connectivity index (χ4n) is 2.51. The third-order valence-corrected chi connectivity index (χ3v) is 3.89. The van der Waals surface area contributed by atoms with E-state index in [9.17, 15) is 0 Å². The van der Waals surface area contributed by atoms with Gasteiger partial charge in [-0.3, -0.25) is 9.58 Å². The van der Waals surface area contributed by atoms with E-state index in [4.69, 9.17) is 0 Å². The number of hydrogen-bond acceptors (Lipinski definition) is 3. The van der Waals surface area contributed by atoms with Gasteiger partial charge in [0.25, 0.3) is 0 Å². The van der Waals surface area contributed by atoms with Gasteiger partial charge in [0.1, 0.15) is 0 Å². The predicted molar refractivity (Wildman–Crippen MR) is 74.3 cm³/mol. The molecule has 0 radical (unpaired) electrons. The summed E-state index contributed by atoms with van der Waals surface area (Å²) in [7, 11) is 1.97. The lowest BCUT2D eigenvalue weighted by molar-refractivity contribution is 0.0877. The fourth-order valence-corrected chi connectivity index (χ4v) is 2.51. The molecule has 0 saturated carbocycles. The lowest BCUT2D eigenvalue weighted by atomic mass is 9.84. The summed E-state index contributed by atoms with van der Waals surface area (Å²) in [5, 5.41) is 7.92. The molecule has 1 aromatic heterocycles. The molecule has 1 saturated heterocycles. The number of rotatable bonds is 2. The smallest absolute Gasteiger partial charge is 0.0534 e. The van der Waals surface area contributed by atoms with Gasteiger partial charge >= 0.3 is 0 Å². The molecule has 4 nitrogen and oxygen atoms in total. The Kier molecular flexibility index (Phi) is 3.78. The summed E-state index contributed by atoms with van der Waals surface area (Å²) in [6.07, 6.45) is 4.09. The Bertz CT molecular complexity index is 391. The summed E-state index contributed by atoms with van der Waals surface area (Å²) in [6, 6.07) is 1.15. The van der Waals surface area contributed by atoms with Crippen molar-refractivity contribution in [2.75, 3.05) is 13.1 Å². The minimum absolute atomic E-state index is 0.313. The first kappa shape index (κ1) is 13.6. The van der Waals surface area contributed by atoms with Gasteiger partial charge in [0.15, 0.2) is 0 Å². The van der Waals surface area contributed by atoms with Crippen LogP contribution >= 0.6 is 0 Å². The maximum absolute atomic E-state index is 4.25. The van der Waals surface area contributed by atoms with Gasteiger partial charge in [-0.25, -0.2) is 0 Å². The zero-order chi connectivity index (χ0) is 13.3. The molecule has 1 aliphatic heterocycles. The highest BCUT2D eigenvalue weighted by atomic mass is 15.3. The van der Waals surface area contributed by atoms with E-state index in [-0.39, 0.29) is 0 Å². The van der Waals surface area contributed by atoms with Crippen LogP contribution in [-0.2, 0) is 13.6 Å². The lowest BCUT2D eigenvalue weighted by Gasteiger charge is -2.43. The monoisotopic (exact) mass is 250 g/mol. The highest BCUT2D eigenvalue weighted by Crippen LogP contribution is 2.24. The largest absolute Gasteiger partial charge is 0.311 e. The third-order valence-electron chi connectivity index (χ3n) is 3.89. The van der Waals surface area contributed by atoms with Gasteiger partial charge < -0.3 is 5.32 Å². The molecule has 1 fully saturated rings. The van der Waals surface area contributed by atoms with Gasteiger partial charge in [-0.05, 0) is 12.3 Å². The van der Waals surface area contributed by atoms with Crippen LogP contribution < -0.4 is 5.32 Å². The van der Waals surface area contributed by atoms with Crippen LogP contribution in [0.2, 0.25) is 0 Å². The van der Waals surface area contributed by atoms with Crippen molar-refractivity contribution in [2.24, 2.45) is 12.5 Å². The molecule has 2 atom stereocenters. The molecule has 0 bridgehead atoms. The second kappa shape index (κ2) is 5.02. The summed E-state index contributed by atoms with van der Waals surface area (Å²) in [5.74, 6) is 0. The maximum atomic E-state index is 4.25. The van der Waals surface area contributed by atoms with Crippen LogP contribution in [0.1, 0.15) is 33.3 Å². The van der Waals surface area contributed by atoms with E-state index >= 15 is 0 Å². The van der Waals surface area contributed by atoms with Crippen LogP contribution in [0.4, 0.5) is 0 Å². The number of nitrogens with zero attached hydrogens (tertiary/aromatic N) is 3. The Hall–Kier alpha value is -0.870. The average molecular weight is 250 g/mol. The summed E-state index contributed by atoms with van der Waals surface area (Å²) in [6.45, 7) is 12.4. The van der Waals surface area contributed by atoms with Crippen LogP contribution in [0.5, 0.6) is 0 Å². The van der Waals surface area contributed by atoms with Crippen molar-refractivity contribution in [1.82, 2.24) is 20.0 Å². The summed E-state index contributed by atoms with van der Waals surface area (Å²) >= 11 is 0. The summed E-state index contributed by atoms with van der Waals surface area (Å²) in [4.78, 5) is 2.56. The van der Waals surface area contributed by atoms with Gasteiger partial charge in [-0.15, -0.1) is 0 Å². The predicted octanol–water partition coefficient (Wildman–Crippen LogP) is 1.63. The fraction of sp³-hybridized carbons (Fsp3) is 0.786. The minimum atomic E-state index is 0.313. The molecule has 102 valence electrons. The molecule has 0 aliphatic carbocycles. The Labute approximate surface area is 110 Å². The van der Waals surface area contributed by atoms with Crippen molar-refractivity contribution in [3.8, 4) is 0 Å². The molecule has 0 amide bonds. The van der Waals surface area contributed by atoms with Gasteiger partial charge in [0.05, 0.1) is 6.20 Å². The SMILES string of the molecule is CC1CNC(C(C)(C)C)CN1Cc1cnn(C)c1. The van der Waals surface area contributed by atoms with Crippen molar-refractivity contribution in [3.05, 3.63) is 18.0 Å². The summed E-state index contributed by atoms with van der Waals surface area (Å²) in [5.41, 5.74) is 1.62. The number of aryl methyl sites for hydroxylation is 1. The first-order valence-electron chi connectivity index (χ1n) is 6.81. The van der Waals surface area contributed by atoms with Crippen LogP contribution in [0.25, 0.3) is 0 Å². The Morgan fingerprint density at radius 3 is 2.72 bits per heavy atom. The number of piperazine rings is 1. The standard InChI is InChI=1S/C14H26N4/c1-11-6-15-13(14(2,3)4)10-18(11)9-12-7-16-17(5)8-12/h7-8,11,13,15H,6,9-10H2,1-5H3. The number of nitrogens with one attached hydrogen (secondary N) is 1. The van der Waals surface area contributed by atoms with E-state index in [0.717, 1.165) is 19.6 Å². The molecule has 1 aliphatic rings. The van der Waals surface area contributed by atoms with Gasteiger partial charge in [0, 0.05) is 50.5 Å². The molecule has 0 spiro atoms. The zero-order valence-corrected chi connectivity index (χ0v) is 12.3. The van der Waals surface area contributed by atoms with E-state index in [1.807, 2.05) is 17.9 Å². The third kappa shape index (κ3) is 3.12. The van der Waals surface area contributed by atoms with E-state index in [1.54, 1.807) is 0 Å². The first-order chi connectivity index (χ1) is 8.36. The van der Waals surface area contributed by atoms with Crippen LogP contribution in [0.15, 0.2) is 12.4 Å². The molecule has 2 heterocycles. The Balaban J connectivity index is 2.02. The van der Waals surface area contributed by atoms with Crippen LogP contribution in [-0.4, -0.2) is 39.9 Å². The van der Waals surface area contributed by atoms with Crippen LogP contribution in [0, 0.1) is 5.41 Å². The molecule has 2 unspecified atom stereocenters. The van der Waals surface area contributed by atoms with Crippen molar-refractivity contribution >= 4 is 0 Å². The quantitative estimate of drug-likeness (QED) is 0.866. The second-order valence-electron chi connectivity index (χ2n) is 6.63. The number of hydrogen-bond donors (Lipinski definition) is 1. The highest BCUT2D eigenvalue weighted by molar-refractivity contribution is 5.05. The number of aromatic nitrogens is 2. The van der Waals surface area contributed by atoms with E-state index < -0.39 is 0 Å². The zero-order valence-electron chi connectivity index (χ0n) is 12.3. The highest BCUT2D eigenvalue weighted by Gasteiger charge is 2.32. The maximum Gasteiger partial charge on any atom is 0.0534 e. The minimum Gasteiger partial charge on any atom is -0.311 e. The Morgan fingerprint density at radius 2 is 2.17 bits per heavy atom. The lowest BCUT2D eigenvalue weighted by Crippen LogP contribution is -2.59. The summed E-state index contributed by atoms with van der Waals surface area (Å²) < 4.78 is 1.88. The molecule has 1 N–H and O–H groups in total. The topological polar surface area (TPSA) is 33.1 Å².